The Bertz CT molecular complexity index is 817. The number of pyridine rings is 1. The standard InChI is InChI=1S/C18H12INO/c19-15-9-6-13(7-10-15)8-11-17(21)16-5-1-3-14-4-2-12-20-18(14)16/h1-12H/b11-8+. The first-order valence-electron chi connectivity index (χ1n) is 6.56. The van der Waals surface area contributed by atoms with Gasteiger partial charge in [-0.2, -0.15) is 0 Å². The molecule has 0 bridgehead atoms. The summed E-state index contributed by atoms with van der Waals surface area (Å²) in [6, 6.07) is 17.5. The second kappa shape index (κ2) is 6.18. The molecule has 0 aliphatic rings. The number of fused-ring (bicyclic) bond motifs is 1. The van der Waals surface area contributed by atoms with Crippen molar-refractivity contribution in [1.29, 1.82) is 0 Å². The molecular weight excluding hydrogens is 373 g/mol. The number of ketones is 1. The third kappa shape index (κ3) is 3.19. The Kier molecular flexibility index (Phi) is 4.10. The zero-order valence-corrected chi connectivity index (χ0v) is 13.3. The van der Waals surface area contributed by atoms with E-state index in [1.807, 2.05) is 60.7 Å². The Hall–Kier alpha value is -2.01. The van der Waals surface area contributed by atoms with E-state index in [0.29, 0.717) is 5.56 Å². The summed E-state index contributed by atoms with van der Waals surface area (Å²) in [6.45, 7) is 0. The van der Waals surface area contributed by atoms with Gasteiger partial charge in [-0.3, -0.25) is 9.78 Å². The average molecular weight is 385 g/mol. The molecule has 0 saturated carbocycles. The number of rotatable bonds is 3. The monoisotopic (exact) mass is 385 g/mol. The van der Waals surface area contributed by atoms with Crippen molar-refractivity contribution in [2.75, 3.05) is 0 Å². The molecule has 2 nitrogen and oxygen atoms in total. The van der Waals surface area contributed by atoms with Gasteiger partial charge < -0.3 is 0 Å². The summed E-state index contributed by atoms with van der Waals surface area (Å²) in [5.41, 5.74) is 2.39. The molecule has 21 heavy (non-hydrogen) atoms. The lowest BCUT2D eigenvalue weighted by Crippen LogP contribution is -1.96. The maximum atomic E-state index is 12.4. The van der Waals surface area contributed by atoms with E-state index in [4.69, 9.17) is 0 Å². The molecule has 102 valence electrons. The van der Waals surface area contributed by atoms with Gasteiger partial charge >= 0.3 is 0 Å². The summed E-state index contributed by atoms with van der Waals surface area (Å²) in [5.74, 6) is -0.0298. The molecule has 0 atom stereocenters. The Morgan fingerprint density at radius 2 is 1.76 bits per heavy atom. The van der Waals surface area contributed by atoms with Gasteiger partial charge in [0.1, 0.15) is 0 Å². The molecule has 0 N–H and O–H groups in total. The van der Waals surface area contributed by atoms with Gasteiger partial charge in [0.15, 0.2) is 5.78 Å². The Morgan fingerprint density at radius 3 is 2.57 bits per heavy atom. The fourth-order valence-corrected chi connectivity index (χ4v) is 2.50. The average Bonchev–Trinajstić information content (AvgIpc) is 2.53. The van der Waals surface area contributed by atoms with Gasteiger partial charge in [0.25, 0.3) is 0 Å². The molecule has 3 rings (SSSR count). The third-order valence-corrected chi connectivity index (χ3v) is 3.91. The predicted molar refractivity (Wildman–Crippen MR) is 94.3 cm³/mol. The summed E-state index contributed by atoms with van der Waals surface area (Å²) in [6.07, 6.45) is 5.15. The van der Waals surface area contributed by atoms with Crippen LogP contribution in [-0.4, -0.2) is 10.8 Å². The smallest absolute Gasteiger partial charge is 0.188 e. The normalized spacial score (nSPS) is 11.1. The van der Waals surface area contributed by atoms with Crippen LogP contribution in [0.15, 0.2) is 66.9 Å². The van der Waals surface area contributed by atoms with Crippen molar-refractivity contribution in [3.63, 3.8) is 0 Å². The van der Waals surface area contributed by atoms with Gasteiger partial charge in [0, 0.05) is 20.7 Å². The van der Waals surface area contributed by atoms with Gasteiger partial charge in [-0.25, -0.2) is 0 Å². The minimum atomic E-state index is -0.0298. The molecule has 1 heterocycles. The van der Waals surface area contributed by atoms with Gasteiger partial charge in [-0.15, -0.1) is 0 Å². The highest BCUT2D eigenvalue weighted by atomic mass is 127. The molecule has 0 radical (unpaired) electrons. The number of allylic oxidation sites excluding steroid dienone is 1. The van der Waals surface area contributed by atoms with Crippen molar-refractivity contribution in [2.24, 2.45) is 0 Å². The van der Waals surface area contributed by atoms with Crippen LogP contribution in [0.2, 0.25) is 0 Å². The van der Waals surface area contributed by atoms with Crippen molar-refractivity contribution >= 4 is 45.4 Å². The molecule has 0 fully saturated rings. The first-order chi connectivity index (χ1) is 10.2. The first-order valence-corrected chi connectivity index (χ1v) is 7.64. The maximum Gasteiger partial charge on any atom is 0.188 e. The summed E-state index contributed by atoms with van der Waals surface area (Å²) in [5, 5.41) is 0.978. The fourth-order valence-electron chi connectivity index (χ4n) is 2.14. The molecule has 0 aliphatic carbocycles. The van der Waals surface area contributed by atoms with Crippen molar-refractivity contribution in [1.82, 2.24) is 4.98 Å². The minimum Gasteiger partial charge on any atom is -0.289 e. The molecule has 3 aromatic rings. The van der Waals surface area contributed by atoms with Crippen LogP contribution in [0.1, 0.15) is 15.9 Å². The third-order valence-electron chi connectivity index (χ3n) is 3.20. The van der Waals surface area contributed by atoms with Crippen molar-refractivity contribution < 1.29 is 4.79 Å². The van der Waals surface area contributed by atoms with E-state index in [-0.39, 0.29) is 5.78 Å². The van der Waals surface area contributed by atoms with Crippen molar-refractivity contribution in [3.8, 4) is 0 Å². The number of nitrogens with zero attached hydrogens (tertiary/aromatic N) is 1. The molecule has 2 aromatic carbocycles. The molecule has 0 saturated heterocycles. The molecular formula is C18H12INO. The molecule has 0 aliphatic heterocycles. The number of hydrogen-bond donors (Lipinski definition) is 0. The fraction of sp³-hybridized carbons (Fsp3) is 0. The second-order valence-electron chi connectivity index (χ2n) is 4.63. The highest BCUT2D eigenvalue weighted by molar-refractivity contribution is 14.1. The van der Waals surface area contributed by atoms with Crippen LogP contribution in [0, 0.1) is 3.57 Å². The lowest BCUT2D eigenvalue weighted by Gasteiger charge is -2.01. The Balaban J connectivity index is 1.92. The van der Waals surface area contributed by atoms with Crippen LogP contribution in [0.5, 0.6) is 0 Å². The Morgan fingerprint density at radius 1 is 1.00 bits per heavy atom. The molecule has 3 heteroatoms. The highest BCUT2D eigenvalue weighted by Crippen LogP contribution is 2.17. The molecule has 0 spiro atoms. The van der Waals surface area contributed by atoms with Gasteiger partial charge in [-0.1, -0.05) is 36.4 Å². The first kappa shape index (κ1) is 13.9. The van der Waals surface area contributed by atoms with Crippen LogP contribution >= 0.6 is 22.6 Å². The van der Waals surface area contributed by atoms with Crippen molar-refractivity contribution in [3.05, 3.63) is 81.6 Å². The zero-order chi connectivity index (χ0) is 14.7. The SMILES string of the molecule is O=C(/C=C/c1ccc(I)cc1)c1cccc2cccnc12. The van der Waals surface area contributed by atoms with Gasteiger partial charge in [0.2, 0.25) is 0 Å². The van der Waals surface area contributed by atoms with E-state index in [0.717, 1.165) is 16.5 Å². The second-order valence-corrected chi connectivity index (χ2v) is 5.88. The van der Waals surface area contributed by atoms with Gasteiger partial charge in [0.05, 0.1) is 5.52 Å². The highest BCUT2D eigenvalue weighted by Gasteiger charge is 2.07. The number of carbonyl (C=O) groups excluding carboxylic acids is 1. The molecule has 0 unspecified atom stereocenters. The number of hydrogen-bond acceptors (Lipinski definition) is 2. The van der Waals surface area contributed by atoms with Crippen LogP contribution in [0.3, 0.4) is 0 Å². The maximum absolute atomic E-state index is 12.4. The van der Waals surface area contributed by atoms with E-state index in [2.05, 4.69) is 27.6 Å². The number of benzene rings is 2. The number of halogens is 1. The molecule has 1 aromatic heterocycles. The van der Waals surface area contributed by atoms with Crippen LogP contribution in [0.4, 0.5) is 0 Å². The summed E-state index contributed by atoms with van der Waals surface area (Å²) >= 11 is 2.26. The largest absolute Gasteiger partial charge is 0.289 e. The number of para-hydroxylation sites is 1. The van der Waals surface area contributed by atoms with E-state index < -0.39 is 0 Å². The van der Waals surface area contributed by atoms with E-state index in [1.165, 1.54) is 3.57 Å². The van der Waals surface area contributed by atoms with E-state index >= 15 is 0 Å². The lowest BCUT2D eigenvalue weighted by atomic mass is 10.0. The molecule has 0 amide bonds. The van der Waals surface area contributed by atoms with E-state index in [1.54, 1.807) is 12.3 Å². The van der Waals surface area contributed by atoms with Crippen LogP contribution in [0.25, 0.3) is 17.0 Å². The predicted octanol–water partition coefficient (Wildman–Crippen LogP) is 4.74. The number of carbonyl (C=O) groups is 1. The summed E-state index contributed by atoms with van der Waals surface area (Å²) in [7, 11) is 0. The minimum absolute atomic E-state index is 0.0298. The van der Waals surface area contributed by atoms with Gasteiger partial charge in [-0.05, 0) is 58.5 Å². The van der Waals surface area contributed by atoms with Crippen LogP contribution < -0.4 is 0 Å². The number of aromatic nitrogens is 1. The van der Waals surface area contributed by atoms with E-state index in [9.17, 15) is 4.79 Å². The Labute approximate surface area is 136 Å². The topological polar surface area (TPSA) is 30.0 Å². The summed E-state index contributed by atoms with van der Waals surface area (Å²) in [4.78, 5) is 16.7. The quantitative estimate of drug-likeness (QED) is 0.371. The lowest BCUT2D eigenvalue weighted by molar-refractivity contribution is 0.104. The van der Waals surface area contributed by atoms with Crippen LogP contribution in [-0.2, 0) is 0 Å². The van der Waals surface area contributed by atoms with Crippen molar-refractivity contribution in [2.45, 2.75) is 0 Å². The zero-order valence-electron chi connectivity index (χ0n) is 11.2. The summed E-state index contributed by atoms with van der Waals surface area (Å²) < 4.78 is 1.18.